The van der Waals surface area contributed by atoms with Crippen molar-refractivity contribution >= 4 is 0 Å². The van der Waals surface area contributed by atoms with Crippen LogP contribution in [0.5, 0.6) is 5.75 Å². The predicted molar refractivity (Wildman–Crippen MR) is 87.6 cm³/mol. The normalized spacial score (nSPS) is 14.2. The van der Waals surface area contributed by atoms with E-state index in [0.29, 0.717) is 19.1 Å². The Kier molecular flexibility index (Phi) is 5.26. The van der Waals surface area contributed by atoms with Crippen molar-refractivity contribution in [2.75, 3.05) is 13.2 Å². The fourth-order valence-electron chi connectivity index (χ4n) is 2.01. The van der Waals surface area contributed by atoms with E-state index in [1.165, 1.54) is 11.1 Å². The number of ether oxygens (including phenoxy) is 1. The largest absolute Gasteiger partial charge is 0.493 e. The molecule has 2 nitrogen and oxygen atoms in total. The molecule has 0 aliphatic rings. The maximum absolute atomic E-state index is 6.00. The number of hydrogen-bond donors (Lipinski definition) is 1. The molecule has 0 saturated heterocycles. The number of benzene rings is 1. The summed E-state index contributed by atoms with van der Waals surface area (Å²) >= 11 is 0. The maximum atomic E-state index is 6.00. The summed E-state index contributed by atoms with van der Waals surface area (Å²) in [5.74, 6) is 1.37. The molecular weight excluding hydrogens is 246 g/mol. The summed E-state index contributed by atoms with van der Waals surface area (Å²) in [6, 6.07) is 6.59. The first-order valence-corrected chi connectivity index (χ1v) is 7.53. The summed E-state index contributed by atoms with van der Waals surface area (Å²) in [5.41, 5.74) is 8.51. The summed E-state index contributed by atoms with van der Waals surface area (Å²) in [6.45, 7) is 16.9. The molecule has 20 heavy (non-hydrogen) atoms. The van der Waals surface area contributed by atoms with Gasteiger partial charge in [0.05, 0.1) is 6.61 Å². The Balaban J connectivity index is 3.12. The van der Waals surface area contributed by atoms with Crippen LogP contribution in [-0.4, -0.2) is 13.2 Å². The third-order valence-electron chi connectivity index (χ3n) is 3.58. The Labute approximate surface area is 124 Å². The van der Waals surface area contributed by atoms with E-state index < -0.39 is 0 Å². The van der Waals surface area contributed by atoms with Gasteiger partial charge in [-0.25, -0.2) is 0 Å². The van der Waals surface area contributed by atoms with Crippen molar-refractivity contribution < 1.29 is 4.74 Å². The number of rotatable bonds is 4. The first-order chi connectivity index (χ1) is 9.05. The molecule has 0 bridgehead atoms. The quantitative estimate of drug-likeness (QED) is 0.892. The van der Waals surface area contributed by atoms with E-state index in [4.69, 9.17) is 10.5 Å². The molecule has 1 aromatic rings. The number of hydrogen-bond acceptors (Lipinski definition) is 2. The highest BCUT2D eigenvalue weighted by atomic mass is 16.5. The van der Waals surface area contributed by atoms with Crippen molar-refractivity contribution in [1.29, 1.82) is 0 Å². The summed E-state index contributed by atoms with van der Waals surface area (Å²) in [6.07, 6.45) is 0. The lowest BCUT2D eigenvalue weighted by Gasteiger charge is -2.27. The third-order valence-corrected chi connectivity index (χ3v) is 3.58. The van der Waals surface area contributed by atoms with Crippen molar-refractivity contribution in [3.05, 3.63) is 29.3 Å². The van der Waals surface area contributed by atoms with Crippen molar-refractivity contribution in [3.8, 4) is 5.75 Å². The molecule has 0 aliphatic heterocycles. The SMILES string of the molecule is CC(CN)COc1ccc(C(C)(C)C)cc1C(C)(C)C. The molecular formula is C18H31NO. The van der Waals surface area contributed by atoms with Crippen molar-refractivity contribution in [2.45, 2.75) is 59.3 Å². The third kappa shape index (κ3) is 4.52. The molecule has 1 aromatic carbocycles. The summed E-state index contributed by atoms with van der Waals surface area (Å²) < 4.78 is 6.00. The predicted octanol–water partition coefficient (Wildman–Crippen LogP) is 4.26. The van der Waals surface area contributed by atoms with Gasteiger partial charge in [0.1, 0.15) is 5.75 Å². The van der Waals surface area contributed by atoms with Gasteiger partial charge in [-0.1, -0.05) is 60.6 Å². The van der Waals surface area contributed by atoms with Gasteiger partial charge in [0.15, 0.2) is 0 Å². The highest BCUT2D eigenvalue weighted by Crippen LogP contribution is 2.35. The minimum absolute atomic E-state index is 0.0720. The van der Waals surface area contributed by atoms with Crippen LogP contribution < -0.4 is 10.5 Å². The molecule has 0 radical (unpaired) electrons. The lowest BCUT2D eigenvalue weighted by atomic mass is 9.80. The summed E-state index contributed by atoms with van der Waals surface area (Å²) in [5, 5.41) is 0. The van der Waals surface area contributed by atoms with Crippen LogP contribution in [0.2, 0.25) is 0 Å². The zero-order chi connectivity index (χ0) is 15.6. The monoisotopic (exact) mass is 277 g/mol. The first-order valence-electron chi connectivity index (χ1n) is 7.53. The Bertz CT molecular complexity index is 438. The molecule has 0 aliphatic carbocycles. The molecule has 1 atom stereocenters. The van der Waals surface area contributed by atoms with E-state index in [9.17, 15) is 0 Å². The molecule has 2 heteroatoms. The van der Waals surface area contributed by atoms with Crippen molar-refractivity contribution in [1.82, 2.24) is 0 Å². The first kappa shape index (κ1) is 17.0. The minimum Gasteiger partial charge on any atom is -0.493 e. The van der Waals surface area contributed by atoms with Crippen LogP contribution >= 0.6 is 0 Å². The van der Waals surface area contributed by atoms with Gasteiger partial charge < -0.3 is 10.5 Å². The van der Waals surface area contributed by atoms with Gasteiger partial charge in [-0.3, -0.25) is 0 Å². The molecule has 0 aromatic heterocycles. The van der Waals surface area contributed by atoms with E-state index in [1.54, 1.807) is 0 Å². The molecule has 2 N–H and O–H groups in total. The standard InChI is InChI=1S/C18H31NO/c1-13(11-19)12-20-16-9-8-14(17(2,3)4)10-15(16)18(5,6)7/h8-10,13H,11-12,19H2,1-7H3. The molecule has 0 saturated carbocycles. The fourth-order valence-corrected chi connectivity index (χ4v) is 2.01. The van der Waals surface area contributed by atoms with E-state index >= 15 is 0 Å². The van der Waals surface area contributed by atoms with Crippen LogP contribution in [0.15, 0.2) is 18.2 Å². The molecule has 0 amide bonds. The van der Waals surface area contributed by atoms with Gasteiger partial charge in [-0.05, 0) is 34.6 Å². The second-order valence-corrected chi connectivity index (χ2v) is 7.86. The van der Waals surface area contributed by atoms with Crippen LogP contribution in [0.25, 0.3) is 0 Å². The lowest BCUT2D eigenvalue weighted by molar-refractivity contribution is 0.258. The fraction of sp³-hybridized carbons (Fsp3) is 0.667. The summed E-state index contributed by atoms with van der Waals surface area (Å²) in [4.78, 5) is 0. The van der Waals surface area contributed by atoms with Crippen molar-refractivity contribution in [2.24, 2.45) is 11.7 Å². The van der Waals surface area contributed by atoms with Crippen LogP contribution in [0.4, 0.5) is 0 Å². The zero-order valence-corrected chi connectivity index (χ0v) is 14.2. The Morgan fingerprint density at radius 1 is 1.05 bits per heavy atom. The van der Waals surface area contributed by atoms with Gasteiger partial charge in [0.2, 0.25) is 0 Å². The lowest BCUT2D eigenvalue weighted by Crippen LogP contribution is -2.21. The van der Waals surface area contributed by atoms with Gasteiger partial charge in [0, 0.05) is 5.92 Å². The second-order valence-electron chi connectivity index (χ2n) is 7.86. The van der Waals surface area contributed by atoms with Gasteiger partial charge >= 0.3 is 0 Å². The van der Waals surface area contributed by atoms with Gasteiger partial charge in [-0.2, -0.15) is 0 Å². The topological polar surface area (TPSA) is 35.2 Å². The summed E-state index contributed by atoms with van der Waals surface area (Å²) in [7, 11) is 0. The van der Waals surface area contributed by atoms with Crippen molar-refractivity contribution in [3.63, 3.8) is 0 Å². The van der Waals surface area contributed by atoms with Crippen LogP contribution in [0.1, 0.15) is 59.6 Å². The molecule has 114 valence electrons. The van der Waals surface area contributed by atoms with Gasteiger partial charge in [0.25, 0.3) is 0 Å². The van der Waals surface area contributed by atoms with E-state index in [2.05, 4.69) is 66.7 Å². The van der Waals surface area contributed by atoms with E-state index in [-0.39, 0.29) is 10.8 Å². The van der Waals surface area contributed by atoms with Crippen LogP contribution in [-0.2, 0) is 10.8 Å². The maximum Gasteiger partial charge on any atom is 0.123 e. The number of nitrogens with two attached hydrogens (primary N) is 1. The second kappa shape index (κ2) is 6.17. The smallest absolute Gasteiger partial charge is 0.123 e. The van der Waals surface area contributed by atoms with Crippen LogP contribution in [0, 0.1) is 5.92 Å². The minimum atomic E-state index is 0.0720. The molecule has 0 heterocycles. The van der Waals surface area contributed by atoms with E-state index in [0.717, 1.165) is 5.75 Å². The molecule has 0 spiro atoms. The Morgan fingerprint density at radius 2 is 1.65 bits per heavy atom. The molecule has 1 unspecified atom stereocenters. The Hall–Kier alpha value is -1.02. The van der Waals surface area contributed by atoms with Gasteiger partial charge in [-0.15, -0.1) is 0 Å². The average Bonchev–Trinajstić information content (AvgIpc) is 2.33. The highest BCUT2D eigenvalue weighted by molar-refractivity contribution is 5.43. The average molecular weight is 277 g/mol. The molecule has 0 fully saturated rings. The van der Waals surface area contributed by atoms with Crippen LogP contribution in [0.3, 0.4) is 0 Å². The zero-order valence-electron chi connectivity index (χ0n) is 14.2. The molecule has 1 rings (SSSR count). The highest BCUT2D eigenvalue weighted by Gasteiger charge is 2.23. The van der Waals surface area contributed by atoms with E-state index in [1.807, 2.05) is 0 Å². The Morgan fingerprint density at radius 3 is 2.10 bits per heavy atom.